The van der Waals surface area contributed by atoms with Gasteiger partial charge >= 0.3 is 0 Å². The molecule has 1 rings (SSSR count). The topological polar surface area (TPSA) is 72.1 Å². The molecule has 0 bridgehead atoms. The van der Waals surface area contributed by atoms with Crippen LogP contribution < -0.4 is 5.73 Å². The molecule has 0 unspecified atom stereocenters. The Morgan fingerprint density at radius 1 is 1.28 bits per heavy atom. The van der Waals surface area contributed by atoms with Gasteiger partial charge in [-0.1, -0.05) is 6.42 Å². The molecule has 1 amide bonds. The predicted octanol–water partition coefficient (Wildman–Crippen LogP) is 1.29. The zero-order valence-electron chi connectivity index (χ0n) is 11.4. The number of hydrogen-bond donors (Lipinski definition) is 1. The molecule has 0 aliphatic heterocycles. The predicted molar refractivity (Wildman–Crippen MR) is 71.4 cm³/mol. The van der Waals surface area contributed by atoms with Crippen LogP contribution in [-0.4, -0.2) is 41.1 Å². The second kappa shape index (κ2) is 7.06. The number of carbonyl (C=O) groups is 1. The fourth-order valence-corrected chi connectivity index (χ4v) is 1.74. The molecule has 1 heterocycles. The van der Waals surface area contributed by atoms with Crippen LogP contribution in [0.2, 0.25) is 0 Å². The molecule has 18 heavy (non-hydrogen) atoms. The molecule has 0 aromatic carbocycles. The summed E-state index contributed by atoms with van der Waals surface area (Å²) >= 11 is 0. The summed E-state index contributed by atoms with van der Waals surface area (Å²) < 4.78 is 0. The molecule has 0 saturated heterocycles. The summed E-state index contributed by atoms with van der Waals surface area (Å²) in [6.07, 6.45) is 3.05. The molecule has 1 aromatic rings. The SMILES string of the molecule is Cc1cc(C(=O)N(C)CCCCCN)c(C)nn1. The van der Waals surface area contributed by atoms with Gasteiger partial charge in [0.05, 0.1) is 17.0 Å². The summed E-state index contributed by atoms with van der Waals surface area (Å²) in [6.45, 7) is 5.11. The van der Waals surface area contributed by atoms with Crippen LogP contribution in [0, 0.1) is 13.8 Å². The molecule has 0 aliphatic carbocycles. The number of unbranched alkanes of at least 4 members (excludes halogenated alkanes) is 2. The first kappa shape index (κ1) is 14.6. The first-order valence-corrected chi connectivity index (χ1v) is 6.32. The molecule has 0 saturated carbocycles. The fourth-order valence-electron chi connectivity index (χ4n) is 1.74. The van der Waals surface area contributed by atoms with Gasteiger partial charge in [-0.25, -0.2) is 0 Å². The minimum atomic E-state index is 0.0123. The number of nitrogens with two attached hydrogens (primary N) is 1. The van der Waals surface area contributed by atoms with Crippen LogP contribution in [0.25, 0.3) is 0 Å². The van der Waals surface area contributed by atoms with Gasteiger partial charge in [-0.05, 0) is 39.3 Å². The summed E-state index contributed by atoms with van der Waals surface area (Å²) in [4.78, 5) is 14.0. The van der Waals surface area contributed by atoms with Crippen LogP contribution in [0.3, 0.4) is 0 Å². The van der Waals surface area contributed by atoms with Crippen LogP contribution in [0.4, 0.5) is 0 Å². The van der Waals surface area contributed by atoms with E-state index in [2.05, 4.69) is 10.2 Å². The van der Waals surface area contributed by atoms with E-state index in [0.29, 0.717) is 17.8 Å². The second-order valence-corrected chi connectivity index (χ2v) is 4.56. The molecule has 5 nitrogen and oxygen atoms in total. The summed E-state index contributed by atoms with van der Waals surface area (Å²) in [5.74, 6) is 0.0123. The molecule has 0 spiro atoms. The first-order valence-electron chi connectivity index (χ1n) is 6.32. The van der Waals surface area contributed by atoms with Crippen molar-refractivity contribution in [2.24, 2.45) is 5.73 Å². The van der Waals surface area contributed by atoms with E-state index in [9.17, 15) is 4.79 Å². The van der Waals surface area contributed by atoms with Crippen LogP contribution >= 0.6 is 0 Å². The first-order chi connectivity index (χ1) is 8.56. The maximum Gasteiger partial charge on any atom is 0.255 e. The number of aryl methyl sites for hydroxylation is 2. The van der Waals surface area contributed by atoms with Crippen LogP contribution in [0.5, 0.6) is 0 Å². The van der Waals surface area contributed by atoms with Gasteiger partial charge in [-0.3, -0.25) is 4.79 Å². The Hall–Kier alpha value is -1.49. The monoisotopic (exact) mass is 250 g/mol. The summed E-state index contributed by atoms with van der Waals surface area (Å²) in [5.41, 5.74) is 7.52. The van der Waals surface area contributed by atoms with Crippen LogP contribution in [-0.2, 0) is 0 Å². The third-order valence-electron chi connectivity index (χ3n) is 2.88. The number of amides is 1. The van der Waals surface area contributed by atoms with E-state index < -0.39 is 0 Å². The van der Waals surface area contributed by atoms with Gasteiger partial charge in [-0.15, -0.1) is 0 Å². The third kappa shape index (κ3) is 4.07. The molecule has 100 valence electrons. The zero-order chi connectivity index (χ0) is 13.5. The average molecular weight is 250 g/mol. The quantitative estimate of drug-likeness (QED) is 0.772. The molecular weight excluding hydrogens is 228 g/mol. The van der Waals surface area contributed by atoms with E-state index in [1.165, 1.54) is 0 Å². The van der Waals surface area contributed by atoms with E-state index in [4.69, 9.17) is 5.73 Å². The standard InChI is InChI=1S/C13H22N4O/c1-10-9-12(11(2)16-15-10)13(18)17(3)8-6-4-5-7-14/h9H,4-8,14H2,1-3H3. The van der Waals surface area contributed by atoms with Crippen molar-refractivity contribution in [1.29, 1.82) is 0 Å². The van der Waals surface area contributed by atoms with Crippen molar-refractivity contribution < 1.29 is 4.79 Å². The van der Waals surface area contributed by atoms with Crippen molar-refractivity contribution in [1.82, 2.24) is 15.1 Å². The molecule has 0 atom stereocenters. The van der Waals surface area contributed by atoms with Gasteiger partial charge in [0.15, 0.2) is 0 Å². The van der Waals surface area contributed by atoms with Gasteiger partial charge in [0.25, 0.3) is 5.91 Å². The Labute approximate surface area is 108 Å². The van der Waals surface area contributed by atoms with Crippen molar-refractivity contribution in [2.45, 2.75) is 33.1 Å². The molecule has 0 radical (unpaired) electrons. The van der Waals surface area contributed by atoms with Crippen molar-refractivity contribution in [3.8, 4) is 0 Å². The number of aromatic nitrogens is 2. The molecular formula is C13H22N4O. The third-order valence-corrected chi connectivity index (χ3v) is 2.88. The lowest BCUT2D eigenvalue weighted by Crippen LogP contribution is -2.29. The highest BCUT2D eigenvalue weighted by Crippen LogP contribution is 2.09. The highest BCUT2D eigenvalue weighted by atomic mass is 16.2. The van der Waals surface area contributed by atoms with Crippen molar-refractivity contribution in [2.75, 3.05) is 20.1 Å². The van der Waals surface area contributed by atoms with E-state index in [-0.39, 0.29) is 5.91 Å². The zero-order valence-corrected chi connectivity index (χ0v) is 11.4. The van der Waals surface area contributed by atoms with Gasteiger partial charge in [0.2, 0.25) is 0 Å². The van der Waals surface area contributed by atoms with Gasteiger partial charge in [-0.2, -0.15) is 10.2 Å². The molecule has 0 aliphatic rings. The van der Waals surface area contributed by atoms with E-state index in [0.717, 1.165) is 31.5 Å². The fraction of sp³-hybridized carbons (Fsp3) is 0.615. The lowest BCUT2D eigenvalue weighted by Gasteiger charge is -2.17. The Bertz CT molecular complexity index is 406. The molecule has 1 aromatic heterocycles. The number of rotatable bonds is 6. The van der Waals surface area contributed by atoms with Crippen molar-refractivity contribution in [3.63, 3.8) is 0 Å². The maximum absolute atomic E-state index is 12.2. The molecule has 0 fully saturated rings. The van der Waals surface area contributed by atoms with Gasteiger partial charge in [0, 0.05) is 13.6 Å². The number of carbonyl (C=O) groups excluding carboxylic acids is 1. The van der Waals surface area contributed by atoms with E-state index in [1.54, 1.807) is 11.0 Å². The van der Waals surface area contributed by atoms with E-state index >= 15 is 0 Å². The van der Waals surface area contributed by atoms with Gasteiger partial charge < -0.3 is 10.6 Å². The molecule has 2 N–H and O–H groups in total. The number of nitrogens with zero attached hydrogens (tertiary/aromatic N) is 3. The Morgan fingerprint density at radius 2 is 2.00 bits per heavy atom. The summed E-state index contributed by atoms with van der Waals surface area (Å²) in [5, 5.41) is 7.91. The maximum atomic E-state index is 12.2. The summed E-state index contributed by atoms with van der Waals surface area (Å²) in [6, 6.07) is 1.79. The Kier molecular flexibility index (Phi) is 5.71. The smallest absolute Gasteiger partial charge is 0.255 e. The minimum absolute atomic E-state index is 0.0123. The normalized spacial score (nSPS) is 10.4. The van der Waals surface area contributed by atoms with Gasteiger partial charge in [0.1, 0.15) is 0 Å². The molecule has 5 heteroatoms. The van der Waals surface area contributed by atoms with Crippen molar-refractivity contribution in [3.05, 3.63) is 23.0 Å². The summed E-state index contributed by atoms with van der Waals surface area (Å²) in [7, 11) is 1.82. The number of hydrogen-bond acceptors (Lipinski definition) is 4. The lowest BCUT2D eigenvalue weighted by molar-refractivity contribution is 0.0791. The average Bonchev–Trinajstić information content (AvgIpc) is 2.36. The van der Waals surface area contributed by atoms with Crippen molar-refractivity contribution >= 4 is 5.91 Å². The van der Waals surface area contributed by atoms with Crippen LogP contribution in [0.15, 0.2) is 6.07 Å². The highest BCUT2D eigenvalue weighted by Gasteiger charge is 2.15. The Balaban J connectivity index is 2.60. The van der Waals surface area contributed by atoms with Crippen LogP contribution in [0.1, 0.15) is 41.0 Å². The second-order valence-electron chi connectivity index (χ2n) is 4.56. The minimum Gasteiger partial charge on any atom is -0.342 e. The van der Waals surface area contributed by atoms with E-state index in [1.807, 2.05) is 20.9 Å². The highest BCUT2D eigenvalue weighted by molar-refractivity contribution is 5.95. The lowest BCUT2D eigenvalue weighted by atomic mass is 10.1. The Morgan fingerprint density at radius 3 is 2.67 bits per heavy atom. The largest absolute Gasteiger partial charge is 0.342 e.